The van der Waals surface area contributed by atoms with Crippen LogP contribution in [0.3, 0.4) is 0 Å². The summed E-state index contributed by atoms with van der Waals surface area (Å²) in [6.45, 7) is 9.78. The van der Waals surface area contributed by atoms with E-state index in [1.165, 1.54) is 12.1 Å². The van der Waals surface area contributed by atoms with Crippen LogP contribution in [-0.2, 0) is 9.53 Å². The van der Waals surface area contributed by atoms with Gasteiger partial charge in [-0.1, -0.05) is 12.7 Å². The first-order valence-corrected chi connectivity index (χ1v) is 9.12. The van der Waals surface area contributed by atoms with Crippen LogP contribution >= 0.6 is 0 Å². The summed E-state index contributed by atoms with van der Waals surface area (Å²) in [5, 5.41) is 13.7. The molecule has 1 aromatic rings. The summed E-state index contributed by atoms with van der Waals surface area (Å²) >= 11 is 0. The molecule has 1 fully saturated rings. The van der Waals surface area contributed by atoms with E-state index in [1.54, 1.807) is 30.6 Å². The van der Waals surface area contributed by atoms with Gasteiger partial charge < -0.3 is 19.9 Å². The number of nitrogens with zero attached hydrogens (tertiary/aromatic N) is 3. The zero-order valence-corrected chi connectivity index (χ0v) is 16.7. The number of carbonyl (C=O) groups is 2. The first-order valence-electron chi connectivity index (χ1n) is 9.12. The number of amides is 2. The number of benzene rings is 1. The predicted molar refractivity (Wildman–Crippen MR) is 106 cm³/mol. The Morgan fingerprint density at radius 1 is 1.31 bits per heavy atom. The van der Waals surface area contributed by atoms with Crippen molar-refractivity contribution in [3.05, 3.63) is 40.2 Å². The van der Waals surface area contributed by atoms with Crippen LogP contribution in [0.4, 0.5) is 20.6 Å². The molecule has 158 valence electrons. The number of hydrogen-bond donors (Lipinski definition) is 1. The Balaban J connectivity index is 1.98. The third-order valence-corrected chi connectivity index (χ3v) is 4.27. The third-order valence-electron chi connectivity index (χ3n) is 4.27. The molecule has 1 aliphatic rings. The first-order chi connectivity index (χ1) is 13.5. The molecule has 1 aliphatic heterocycles. The maximum absolute atomic E-state index is 13.9. The third kappa shape index (κ3) is 5.90. The average Bonchev–Trinajstić information content (AvgIpc) is 2.64. The van der Waals surface area contributed by atoms with Crippen molar-refractivity contribution in [2.24, 2.45) is 0 Å². The summed E-state index contributed by atoms with van der Waals surface area (Å²) < 4.78 is 19.0. The van der Waals surface area contributed by atoms with Crippen LogP contribution in [0.25, 0.3) is 6.08 Å². The van der Waals surface area contributed by atoms with Crippen molar-refractivity contribution < 1.29 is 23.6 Å². The topological polar surface area (TPSA) is 105 Å². The van der Waals surface area contributed by atoms with Gasteiger partial charge in [-0.25, -0.2) is 9.18 Å². The largest absolute Gasteiger partial charge is 0.444 e. The number of carbonyl (C=O) groups excluding carboxylic acids is 2. The summed E-state index contributed by atoms with van der Waals surface area (Å²) in [5.41, 5.74) is -0.539. The molecule has 0 unspecified atom stereocenters. The number of nitro groups is 1. The van der Waals surface area contributed by atoms with Gasteiger partial charge in [-0.3, -0.25) is 14.9 Å². The van der Waals surface area contributed by atoms with Gasteiger partial charge in [0.25, 0.3) is 5.69 Å². The van der Waals surface area contributed by atoms with Crippen LogP contribution in [0.1, 0.15) is 26.3 Å². The fourth-order valence-corrected chi connectivity index (χ4v) is 2.89. The molecule has 0 atom stereocenters. The van der Waals surface area contributed by atoms with E-state index < -0.39 is 22.4 Å². The summed E-state index contributed by atoms with van der Waals surface area (Å²) in [6.07, 6.45) is 0.619. The lowest BCUT2D eigenvalue weighted by Gasteiger charge is -2.36. The van der Waals surface area contributed by atoms with Crippen molar-refractivity contribution in [1.29, 1.82) is 0 Å². The lowest BCUT2D eigenvalue weighted by atomic mass is 10.1. The number of piperazine rings is 1. The Hall–Kier alpha value is -3.17. The summed E-state index contributed by atoms with van der Waals surface area (Å²) in [4.78, 5) is 37.9. The maximum atomic E-state index is 13.9. The molecule has 0 saturated carbocycles. The summed E-state index contributed by atoms with van der Waals surface area (Å²) in [6, 6.07) is 2.27. The average molecular weight is 408 g/mol. The zero-order chi connectivity index (χ0) is 21.8. The summed E-state index contributed by atoms with van der Waals surface area (Å²) in [5.74, 6) is -0.992. The van der Waals surface area contributed by atoms with Crippen molar-refractivity contribution in [3.63, 3.8) is 0 Å². The maximum Gasteiger partial charge on any atom is 0.408 e. The molecule has 0 bridgehead atoms. The number of ether oxygens (including phenoxy) is 1. The van der Waals surface area contributed by atoms with Gasteiger partial charge in [0, 0.05) is 31.7 Å². The minimum atomic E-state index is -0.711. The number of nitrogens with one attached hydrogen (secondary N) is 1. The van der Waals surface area contributed by atoms with Crippen LogP contribution in [0.5, 0.6) is 0 Å². The Morgan fingerprint density at radius 3 is 2.45 bits per heavy atom. The minimum absolute atomic E-state index is 0.172. The highest BCUT2D eigenvalue weighted by atomic mass is 19.1. The highest BCUT2D eigenvalue weighted by molar-refractivity contribution is 5.82. The SMILES string of the molecule is C=Cc1cc(N2CCN(C(=O)CNC(=O)OC(C)(C)C)CC2)c([N+](=O)[O-])cc1F. The Morgan fingerprint density at radius 2 is 1.93 bits per heavy atom. The molecule has 1 aromatic carbocycles. The standard InChI is InChI=1S/C19H25FN4O5/c1-5-13-10-15(16(24(27)28)11-14(13)20)22-6-8-23(9-7-22)17(25)12-21-18(26)29-19(2,3)4/h5,10-11H,1,6-9,12H2,2-4H3,(H,21,26). The molecular weight excluding hydrogens is 383 g/mol. The predicted octanol–water partition coefficient (Wildman–Crippen LogP) is 2.55. The summed E-state index contributed by atoms with van der Waals surface area (Å²) in [7, 11) is 0. The lowest BCUT2D eigenvalue weighted by Crippen LogP contribution is -2.51. The van der Waals surface area contributed by atoms with E-state index >= 15 is 0 Å². The molecular formula is C19H25FN4O5. The van der Waals surface area contributed by atoms with Crippen LogP contribution in [0, 0.1) is 15.9 Å². The van der Waals surface area contributed by atoms with Crippen LogP contribution in [0.2, 0.25) is 0 Å². The van der Waals surface area contributed by atoms with Crippen molar-refractivity contribution in [2.45, 2.75) is 26.4 Å². The number of rotatable bonds is 5. The molecule has 1 N–H and O–H groups in total. The van der Waals surface area contributed by atoms with E-state index in [0.29, 0.717) is 26.2 Å². The molecule has 0 aromatic heterocycles. The molecule has 2 rings (SSSR count). The van der Waals surface area contributed by atoms with E-state index in [1.807, 2.05) is 0 Å². The van der Waals surface area contributed by atoms with Gasteiger partial charge in [0.1, 0.15) is 23.7 Å². The van der Waals surface area contributed by atoms with E-state index in [4.69, 9.17) is 4.74 Å². The second-order valence-corrected chi connectivity index (χ2v) is 7.55. The van der Waals surface area contributed by atoms with Crippen molar-refractivity contribution in [2.75, 3.05) is 37.6 Å². The minimum Gasteiger partial charge on any atom is -0.444 e. The van der Waals surface area contributed by atoms with Crippen LogP contribution < -0.4 is 10.2 Å². The molecule has 10 heteroatoms. The van der Waals surface area contributed by atoms with Crippen molar-refractivity contribution in [1.82, 2.24) is 10.2 Å². The number of hydrogen-bond acceptors (Lipinski definition) is 6. The number of halogens is 1. The number of anilines is 1. The van der Waals surface area contributed by atoms with E-state index in [-0.39, 0.29) is 29.4 Å². The van der Waals surface area contributed by atoms with Crippen molar-refractivity contribution >= 4 is 29.5 Å². The number of alkyl carbamates (subject to hydrolysis) is 1. The quantitative estimate of drug-likeness (QED) is 0.593. The first kappa shape index (κ1) is 22.1. The molecule has 0 spiro atoms. The fraction of sp³-hybridized carbons (Fsp3) is 0.474. The van der Waals surface area contributed by atoms with Gasteiger partial charge in [-0.15, -0.1) is 0 Å². The smallest absolute Gasteiger partial charge is 0.408 e. The Labute approximate surface area is 168 Å². The molecule has 0 aliphatic carbocycles. The Bertz CT molecular complexity index is 814. The van der Waals surface area contributed by atoms with Crippen LogP contribution in [0.15, 0.2) is 18.7 Å². The van der Waals surface area contributed by atoms with Crippen LogP contribution in [-0.4, -0.2) is 60.1 Å². The van der Waals surface area contributed by atoms with Gasteiger partial charge >= 0.3 is 6.09 Å². The monoisotopic (exact) mass is 408 g/mol. The lowest BCUT2D eigenvalue weighted by molar-refractivity contribution is -0.384. The second kappa shape index (κ2) is 8.89. The molecule has 9 nitrogen and oxygen atoms in total. The van der Waals surface area contributed by atoms with Crippen molar-refractivity contribution in [3.8, 4) is 0 Å². The van der Waals surface area contributed by atoms with E-state index in [2.05, 4.69) is 11.9 Å². The van der Waals surface area contributed by atoms with Gasteiger partial charge in [-0.05, 0) is 26.8 Å². The van der Waals surface area contributed by atoms with Gasteiger partial charge in [0.2, 0.25) is 5.91 Å². The zero-order valence-electron chi connectivity index (χ0n) is 16.7. The fourth-order valence-electron chi connectivity index (χ4n) is 2.89. The highest BCUT2D eigenvalue weighted by Crippen LogP contribution is 2.32. The highest BCUT2D eigenvalue weighted by Gasteiger charge is 2.27. The van der Waals surface area contributed by atoms with E-state index in [0.717, 1.165) is 6.07 Å². The normalized spacial score (nSPS) is 14.3. The van der Waals surface area contributed by atoms with Gasteiger partial charge in [0.05, 0.1) is 11.0 Å². The number of nitro benzene ring substituents is 1. The Kier molecular flexibility index (Phi) is 6.78. The van der Waals surface area contributed by atoms with Gasteiger partial charge in [-0.2, -0.15) is 0 Å². The molecule has 1 saturated heterocycles. The second-order valence-electron chi connectivity index (χ2n) is 7.55. The molecule has 1 heterocycles. The molecule has 29 heavy (non-hydrogen) atoms. The van der Waals surface area contributed by atoms with Gasteiger partial charge in [0.15, 0.2) is 0 Å². The van der Waals surface area contributed by atoms with E-state index in [9.17, 15) is 24.1 Å². The molecule has 0 radical (unpaired) electrons. The molecule has 2 amide bonds.